The Balaban J connectivity index is 0.000000366. The quantitative estimate of drug-likeness (QED) is 0.399. The summed E-state index contributed by atoms with van der Waals surface area (Å²) in [4.78, 5) is 23.7. The average Bonchev–Trinajstić information content (AvgIpc) is 3.65. The van der Waals surface area contributed by atoms with Gasteiger partial charge in [-0.25, -0.2) is 14.4 Å². The summed E-state index contributed by atoms with van der Waals surface area (Å²) in [7, 11) is 5.71. The Morgan fingerprint density at radius 3 is 2.87 bits per heavy atom. The predicted octanol–water partition coefficient (Wildman–Crippen LogP) is 4.01. The van der Waals surface area contributed by atoms with Crippen molar-refractivity contribution >= 4 is 23.1 Å². The molecule has 2 aliphatic heterocycles. The molecule has 2 N–H and O–H groups in total. The Labute approximate surface area is 220 Å². The van der Waals surface area contributed by atoms with E-state index in [1.54, 1.807) is 19.5 Å². The number of anilines is 2. The van der Waals surface area contributed by atoms with Gasteiger partial charge in [-0.15, -0.1) is 0 Å². The van der Waals surface area contributed by atoms with Crippen LogP contribution in [0.4, 0.5) is 15.9 Å². The van der Waals surface area contributed by atoms with Gasteiger partial charge < -0.3 is 25.0 Å². The summed E-state index contributed by atoms with van der Waals surface area (Å²) in [5, 5.41) is 6.22. The maximum absolute atomic E-state index is 13.6. The fraction of sp³-hybridized carbons (Fsp3) is 0.321. The van der Waals surface area contributed by atoms with E-state index in [0.29, 0.717) is 35.4 Å². The smallest absolute Gasteiger partial charge is 0.254 e. The monoisotopic (exact) mass is 518 g/mol. The van der Waals surface area contributed by atoms with Crippen LogP contribution in [0, 0.1) is 5.82 Å². The zero-order chi connectivity index (χ0) is 26.6. The third-order valence-electron chi connectivity index (χ3n) is 6.49. The lowest BCUT2D eigenvalue weighted by Gasteiger charge is -2.14. The summed E-state index contributed by atoms with van der Waals surface area (Å²) in [6, 6.07) is 12.4. The van der Waals surface area contributed by atoms with Gasteiger partial charge in [0.15, 0.2) is 0 Å². The molecule has 2 aliphatic rings. The fourth-order valence-corrected chi connectivity index (χ4v) is 4.65. The number of carbonyl (C=O) groups is 1. The van der Waals surface area contributed by atoms with Crippen LogP contribution < -0.4 is 10.6 Å². The van der Waals surface area contributed by atoms with Crippen molar-refractivity contribution < 1.29 is 18.7 Å². The van der Waals surface area contributed by atoms with E-state index < -0.39 is 0 Å². The lowest BCUT2D eigenvalue weighted by molar-refractivity contribution is 0.0822. The van der Waals surface area contributed by atoms with Crippen LogP contribution in [0.2, 0.25) is 0 Å². The molecule has 1 aromatic carbocycles. The van der Waals surface area contributed by atoms with Gasteiger partial charge in [0, 0.05) is 44.6 Å². The minimum absolute atomic E-state index is 0.135. The first-order valence-corrected chi connectivity index (χ1v) is 12.5. The summed E-state index contributed by atoms with van der Waals surface area (Å²) >= 11 is 0. The molecule has 1 saturated heterocycles. The third-order valence-corrected chi connectivity index (χ3v) is 6.49. The van der Waals surface area contributed by atoms with Crippen LogP contribution in [0.3, 0.4) is 0 Å². The van der Waals surface area contributed by atoms with Gasteiger partial charge in [0.1, 0.15) is 17.3 Å². The molecule has 9 nitrogen and oxygen atoms in total. The Hall–Kier alpha value is -3.86. The molecule has 1 unspecified atom stereocenters. The van der Waals surface area contributed by atoms with Crippen molar-refractivity contribution in [3.05, 3.63) is 77.5 Å². The number of rotatable bonds is 6. The maximum Gasteiger partial charge on any atom is 0.254 e. The Bertz CT molecular complexity index is 1450. The molecule has 1 atom stereocenters. The number of ether oxygens (including phenoxy) is 2. The number of hydrogen-bond acceptors (Lipinski definition) is 7. The summed E-state index contributed by atoms with van der Waals surface area (Å²) in [6.45, 7) is 2.80. The lowest BCUT2D eigenvalue weighted by atomic mass is 9.99. The number of methoxy groups -OCH3 is 1. The van der Waals surface area contributed by atoms with Gasteiger partial charge in [-0.05, 0) is 50.3 Å². The number of nitrogens with one attached hydrogen (secondary N) is 2. The predicted molar refractivity (Wildman–Crippen MR) is 143 cm³/mol. The van der Waals surface area contributed by atoms with Gasteiger partial charge in [0.25, 0.3) is 5.91 Å². The number of hydrogen-bond donors (Lipinski definition) is 2. The Morgan fingerprint density at radius 2 is 2.13 bits per heavy atom. The standard InChI is InChI=1S/C23H21FN6O.C5H10O2/c1-29(2)13-15-4-3-5-20(27-15)28-18-7-6-16(17-11-26-23(31)22(17)18)19-12-25-21-10-14(24)8-9-30(19)21;1-6-5-2-3-7-4-5/h3-10,12H,11,13H2,1-2H3,(H,26,31)(H,27,28);5H,2-4H2,1H3. The van der Waals surface area contributed by atoms with Crippen molar-refractivity contribution in [1.82, 2.24) is 24.6 Å². The van der Waals surface area contributed by atoms with Crippen LogP contribution >= 0.6 is 0 Å². The molecule has 0 radical (unpaired) electrons. The van der Waals surface area contributed by atoms with Gasteiger partial charge >= 0.3 is 0 Å². The first-order valence-electron chi connectivity index (χ1n) is 12.5. The number of halogens is 1. The molecule has 10 heteroatoms. The van der Waals surface area contributed by atoms with Crippen LogP contribution in [0.1, 0.15) is 28.0 Å². The van der Waals surface area contributed by atoms with Crippen molar-refractivity contribution in [2.45, 2.75) is 25.6 Å². The van der Waals surface area contributed by atoms with Gasteiger partial charge in [-0.1, -0.05) is 12.1 Å². The lowest BCUT2D eigenvalue weighted by Crippen LogP contribution is -2.14. The van der Waals surface area contributed by atoms with Gasteiger partial charge in [-0.3, -0.25) is 9.20 Å². The summed E-state index contributed by atoms with van der Waals surface area (Å²) in [5.74, 6) is 0.207. The van der Waals surface area contributed by atoms with E-state index in [-0.39, 0.29) is 11.7 Å². The molecule has 1 amide bonds. The number of imidazole rings is 1. The van der Waals surface area contributed by atoms with E-state index >= 15 is 0 Å². The second kappa shape index (κ2) is 11.3. The van der Waals surface area contributed by atoms with Crippen molar-refractivity contribution in [2.24, 2.45) is 0 Å². The van der Waals surface area contributed by atoms with Crippen LogP contribution in [-0.2, 0) is 22.6 Å². The van der Waals surface area contributed by atoms with E-state index in [1.807, 2.05) is 53.7 Å². The molecule has 198 valence electrons. The van der Waals surface area contributed by atoms with E-state index in [9.17, 15) is 9.18 Å². The zero-order valence-electron chi connectivity index (χ0n) is 21.7. The molecule has 4 aromatic rings. The molecule has 5 heterocycles. The van der Waals surface area contributed by atoms with Gasteiger partial charge in [0.05, 0.1) is 41.5 Å². The van der Waals surface area contributed by atoms with Gasteiger partial charge in [0.2, 0.25) is 0 Å². The highest BCUT2D eigenvalue weighted by Crippen LogP contribution is 2.35. The topological polar surface area (TPSA) is 93.0 Å². The second-order valence-electron chi connectivity index (χ2n) is 9.51. The van der Waals surface area contributed by atoms with E-state index in [0.717, 1.165) is 48.7 Å². The Kier molecular flexibility index (Phi) is 7.64. The number of fused-ring (bicyclic) bond motifs is 2. The number of aromatic nitrogens is 3. The summed E-state index contributed by atoms with van der Waals surface area (Å²) in [5.41, 5.74) is 5.31. The van der Waals surface area contributed by atoms with Crippen molar-refractivity contribution in [3.63, 3.8) is 0 Å². The first-order chi connectivity index (χ1) is 18.4. The molecule has 0 saturated carbocycles. The second-order valence-corrected chi connectivity index (χ2v) is 9.51. The van der Waals surface area contributed by atoms with Gasteiger partial charge in [-0.2, -0.15) is 0 Å². The number of nitrogens with zero attached hydrogens (tertiary/aromatic N) is 4. The van der Waals surface area contributed by atoms with Crippen molar-refractivity contribution in [3.8, 4) is 11.3 Å². The highest BCUT2D eigenvalue weighted by atomic mass is 19.1. The highest BCUT2D eigenvalue weighted by Gasteiger charge is 2.27. The molecular formula is C28H31FN6O3. The largest absolute Gasteiger partial charge is 0.379 e. The summed E-state index contributed by atoms with van der Waals surface area (Å²) in [6.07, 6.45) is 4.79. The van der Waals surface area contributed by atoms with Crippen molar-refractivity contribution in [2.75, 3.05) is 39.7 Å². The fourth-order valence-electron chi connectivity index (χ4n) is 4.65. The molecule has 3 aromatic heterocycles. The molecular weight excluding hydrogens is 487 g/mol. The summed E-state index contributed by atoms with van der Waals surface area (Å²) < 4.78 is 25.4. The van der Waals surface area contributed by atoms with Crippen molar-refractivity contribution in [1.29, 1.82) is 0 Å². The number of pyridine rings is 2. The number of amides is 1. The molecule has 1 fully saturated rings. The number of carbonyl (C=O) groups excluding carboxylic acids is 1. The first kappa shape index (κ1) is 25.8. The normalized spacial score (nSPS) is 16.3. The molecule has 0 spiro atoms. The Morgan fingerprint density at radius 1 is 1.26 bits per heavy atom. The maximum atomic E-state index is 13.6. The van der Waals surface area contributed by atoms with Crippen LogP contribution in [0.5, 0.6) is 0 Å². The van der Waals surface area contributed by atoms with Crippen LogP contribution in [0.25, 0.3) is 16.9 Å². The molecule has 6 rings (SSSR count). The third kappa shape index (κ3) is 5.52. The molecule has 0 bridgehead atoms. The highest BCUT2D eigenvalue weighted by molar-refractivity contribution is 6.06. The number of benzene rings is 1. The molecule has 0 aliphatic carbocycles. The van der Waals surface area contributed by atoms with E-state index in [1.165, 1.54) is 12.1 Å². The average molecular weight is 519 g/mol. The minimum Gasteiger partial charge on any atom is -0.379 e. The molecule has 38 heavy (non-hydrogen) atoms. The minimum atomic E-state index is -0.338. The van der Waals surface area contributed by atoms with Crippen LogP contribution in [0.15, 0.2) is 54.9 Å². The van der Waals surface area contributed by atoms with E-state index in [2.05, 4.69) is 20.6 Å². The zero-order valence-corrected chi connectivity index (χ0v) is 21.7. The van der Waals surface area contributed by atoms with Crippen LogP contribution in [-0.4, -0.2) is 65.7 Å². The SMILES string of the molecule is CN(C)Cc1cccc(Nc2ccc(-c3cnc4cc(F)ccn34)c3c2C(=O)NC3)n1.COC1CCOC1. The van der Waals surface area contributed by atoms with E-state index in [4.69, 9.17) is 9.47 Å².